The van der Waals surface area contributed by atoms with Gasteiger partial charge >= 0.3 is 0 Å². The highest BCUT2D eigenvalue weighted by atomic mass is 19.1. The second-order valence-corrected chi connectivity index (χ2v) is 5.34. The molecule has 0 saturated carbocycles. The van der Waals surface area contributed by atoms with Crippen molar-refractivity contribution in [3.8, 4) is 5.75 Å². The van der Waals surface area contributed by atoms with Crippen molar-refractivity contribution in [1.82, 2.24) is 4.90 Å². The lowest BCUT2D eigenvalue weighted by Gasteiger charge is -2.23. The minimum Gasteiger partial charge on any atom is -0.496 e. The molecule has 2 N–H and O–H groups in total. The van der Waals surface area contributed by atoms with Crippen LogP contribution in [0.4, 0.5) is 4.39 Å². The highest BCUT2D eigenvalue weighted by Crippen LogP contribution is 2.31. The normalized spacial score (nSPS) is 22.6. The predicted octanol–water partition coefficient (Wildman–Crippen LogP) is 1.65. The van der Waals surface area contributed by atoms with Crippen LogP contribution >= 0.6 is 0 Å². The van der Waals surface area contributed by atoms with Gasteiger partial charge in [0.1, 0.15) is 11.6 Å². The van der Waals surface area contributed by atoms with E-state index < -0.39 is 5.82 Å². The van der Waals surface area contributed by atoms with Gasteiger partial charge in [-0.15, -0.1) is 0 Å². The first-order valence-electron chi connectivity index (χ1n) is 6.32. The number of methoxy groups -OCH3 is 1. The fraction of sp³-hybridized carbons (Fsp3) is 0.500. The second-order valence-electron chi connectivity index (χ2n) is 5.34. The largest absolute Gasteiger partial charge is 0.496 e. The molecule has 0 bridgehead atoms. The third-order valence-electron chi connectivity index (χ3n) is 3.73. The van der Waals surface area contributed by atoms with Crippen LogP contribution in [0.1, 0.15) is 23.7 Å². The lowest BCUT2D eigenvalue weighted by atomic mass is 9.90. The van der Waals surface area contributed by atoms with Gasteiger partial charge < -0.3 is 15.4 Å². The van der Waals surface area contributed by atoms with E-state index in [0.717, 1.165) is 6.42 Å². The Morgan fingerprint density at radius 2 is 2.32 bits per heavy atom. The molecule has 1 fully saturated rings. The standard InChI is InChI=1S/C14H19FN2O2/c1-14(8-16)5-6-17(9-14)13(18)11-7-10(15)3-4-12(11)19-2/h3-4,7H,5-6,8-9,16H2,1-2H3. The fourth-order valence-corrected chi connectivity index (χ4v) is 2.38. The van der Waals surface area contributed by atoms with Crippen LogP contribution in [-0.4, -0.2) is 37.6 Å². The number of benzene rings is 1. The molecule has 0 radical (unpaired) electrons. The molecule has 1 aromatic rings. The minimum absolute atomic E-state index is 0.0454. The van der Waals surface area contributed by atoms with E-state index in [2.05, 4.69) is 6.92 Å². The number of halogens is 1. The average molecular weight is 266 g/mol. The van der Waals surface area contributed by atoms with E-state index in [4.69, 9.17) is 10.5 Å². The van der Waals surface area contributed by atoms with E-state index in [1.807, 2.05) is 0 Å². The molecule has 1 aromatic carbocycles. The lowest BCUT2D eigenvalue weighted by molar-refractivity contribution is 0.0773. The number of ether oxygens (including phenoxy) is 1. The summed E-state index contributed by atoms with van der Waals surface area (Å²) < 4.78 is 18.4. The first-order chi connectivity index (χ1) is 8.99. The zero-order chi connectivity index (χ0) is 14.0. The van der Waals surface area contributed by atoms with Crippen molar-refractivity contribution >= 4 is 5.91 Å². The lowest BCUT2D eigenvalue weighted by Crippen LogP contribution is -2.34. The summed E-state index contributed by atoms with van der Waals surface area (Å²) in [5.41, 5.74) is 5.95. The van der Waals surface area contributed by atoms with Gasteiger partial charge in [0, 0.05) is 13.1 Å². The summed E-state index contributed by atoms with van der Waals surface area (Å²) in [6.07, 6.45) is 0.868. The monoisotopic (exact) mass is 266 g/mol. The molecule has 1 atom stereocenters. The van der Waals surface area contributed by atoms with Crippen LogP contribution < -0.4 is 10.5 Å². The van der Waals surface area contributed by atoms with Crippen LogP contribution in [0.2, 0.25) is 0 Å². The third-order valence-corrected chi connectivity index (χ3v) is 3.73. The minimum atomic E-state index is -0.440. The number of carbonyl (C=O) groups excluding carboxylic acids is 1. The van der Waals surface area contributed by atoms with Crippen molar-refractivity contribution < 1.29 is 13.9 Å². The van der Waals surface area contributed by atoms with Gasteiger partial charge in [-0.05, 0) is 36.6 Å². The summed E-state index contributed by atoms with van der Waals surface area (Å²) >= 11 is 0. The molecule has 0 aliphatic carbocycles. The van der Waals surface area contributed by atoms with Crippen LogP contribution in [0.3, 0.4) is 0 Å². The Bertz CT molecular complexity index is 492. The maximum Gasteiger partial charge on any atom is 0.257 e. The fourth-order valence-electron chi connectivity index (χ4n) is 2.38. The number of likely N-dealkylation sites (tertiary alicyclic amines) is 1. The number of nitrogens with two attached hydrogens (primary N) is 1. The molecule has 1 heterocycles. The Balaban J connectivity index is 2.23. The average Bonchev–Trinajstić information content (AvgIpc) is 2.81. The summed E-state index contributed by atoms with van der Waals surface area (Å²) in [6, 6.07) is 3.98. The SMILES string of the molecule is COc1ccc(F)cc1C(=O)N1CCC(C)(CN)C1. The second kappa shape index (κ2) is 5.17. The molecule has 1 aliphatic rings. The smallest absolute Gasteiger partial charge is 0.257 e. The number of hydrogen-bond acceptors (Lipinski definition) is 3. The molecule has 5 heteroatoms. The van der Waals surface area contributed by atoms with Crippen LogP contribution in [0.15, 0.2) is 18.2 Å². The number of nitrogens with zero attached hydrogens (tertiary/aromatic N) is 1. The van der Waals surface area contributed by atoms with Crippen LogP contribution in [-0.2, 0) is 0 Å². The zero-order valence-corrected chi connectivity index (χ0v) is 11.3. The summed E-state index contributed by atoms with van der Waals surface area (Å²) in [5.74, 6) is -0.244. The van der Waals surface area contributed by atoms with Gasteiger partial charge in [-0.2, -0.15) is 0 Å². The summed E-state index contributed by atoms with van der Waals surface area (Å²) in [4.78, 5) is 14.1. The van der Waals surface area contributed by atoms with Crippen LogP contribution in [0.25, 0.3) is 0 Å². The Morgan fingerprint density at radius 3 is 2.89 bits per heavy atom. The topological polar surface area (TPSA) is 55.6 Å². The Labute approximate surface area is 112 Å². The van der Waals surface area contributed by atoms with E-state index in [9.17, 15) is 9.18 Å². The summed E-state index contributed by atoms with van der Waals surface area (Å²) in [6.45, 7) is 3.84. The Kier molecular flexibility index (Phi) is 3.75. The molecule has 0 spiro atoms. The molecule has 19 heavy (non-hydrogen) atoms. The molecule has 2 rings (SSSR count). The molecular weight excluding hydrogens is 247 g/mol. The van der Waals surface area contributed by atoms with Gasteiger partial charge in [-0.25, -0.2) is 4.39 Å². The molecule has 1 unspecified atom stereocenters. The van der Waals surface area contributed by atoms with Gasteiger partial charge in [0.2, 0.25) is 0 Å². The van der Waals surface area contributed by atoms with E-state index >= 15 is 0 Å². The summed E-state index contributed by atoms with van der Waals surface area (Å²) in [5, 5.41) is 0. The number of amides is 1. The number of carbonyl (C=O) groups is 1. The van der Waals surface area contributed by atoms with E-state index in [-0.39, 0.29) is 16.9 Å². The van der Waals surface area contributed by atoms with Crippen molar-refractivity contribution in [3.63, 3.8) is 0 Å². The van der Waals surface area contributed by atoms with Crippen molar-refractivity contribution in [2.24, 2.45) is 11.1 Å². The van der Waals surface area contributed by atoms with Crippen molar-refractivity contribution in [2.75, 3.05) is 26.7 Å². The van der Waals surface area contributed by atoms with Crippen molar-refractivity contribution in [2.45, 2.75) is 13.3 Å². The van der Waals surface area contributed by atoms with Gasteiger partial charge in [0.15, 0.2) is 0 Å². The number of rotatable bonds is 3. The highest BCUT2D eigenvalue weighted by Gasteiger charge is 2.35. The molecular formula is C14H19FN2O2. The van der Waals surface area contributed by atoms with Gasteiger partial charge in [0.05, 0.1) is 12.7 Å². The van der Waals surface area contributed by atoms with E-state index in [1.54, 1.807) is 4.90 Å². The quantitative estimate of drug-likeness (QED) is 0.905. The maximum absolute atomic E-state index is 13.3. The highest BCUT2D eigenvalue weighted by molar-refractivity contribution is 5.97. The van der Waals surface area contributed by atoms with Gasteiger partial charge in [0.25, 0.3) is 5.91 Å². The number of hydrogen-bond donors (Lipinski definition) is 1. The molecule has 1 saturated heterocycles. The molecule has 4 nitrogen and oxygen atoms in total. The molecule has 0 aromatic heterocycles. The Hall–Kier alpha value is -1.62. The molecule has 104 valence electrons. The van der Waals surface area contributed by atoms with Crippen LogP contribution in [0.5, 0.6) is 5.75 Å². The predicted molar refractivity (Wildman–Crippen MR) is 70.6 cm³/mol. The zero-order valence-electron chi connectivity index (χ0n) is 11.3. The van der Waals surface area contributed by atoms with Crippen LogP contribution in [0, 0.1) is 11.2 Å². The van der Waals surface area contributed by atoms with E-state index in [1.165, 1.54) is 25.3 Å². The van der Waals surface area contributed by atoms with E-state index in [0.29, 0.717) is 25.4 Å². The molecule has 1 aliphatic heterocycles. The first kappa shape index (κ1) is 13.8. The van der Waals surface area contributed by atoms with Gasteiger partial charge in [-0.1, -0.05) is 6.92 Å². The van der Waals surface area contributed by atoms with Crippen molar-refractivity contribution in [3.05, 3.63) is 29.6 Å². The molecule has 1 amide bonds. The third kappa shape index (κ3) is 2.71. The maximum atomic E-state index is 13.3. The Morgan fingerprint density at radius 1 is 1.58 bits per heavy atom. The first-order valence-corrected chi connectivity index (χ1v) is 6.32. The van der Waals surface area contributed by atoms with Crippen molar-refractivity contribution in [1.29, 1.82) is 0 Å². The summed E-state index contributed by atoms with van der Waals surface area (Å²) in [7, 11) is 1.47. The van der Waals surface area contributed by atoms with Gasteiger partial charge in [-0.3, -0.25) is 4.79 Å².